The van der Waals surface area contributed by atoms with Crippen molar-refractivity contribution < 1.29 is 23.0 Å². The molecule has 1 aliphatic heterocycles. The average molecular weight is 286 g/mol. The number of aliphatic hydroxyl groups is 1. The first-order valence-corrected chi connectivity index (χ1v) is 5.99. The highest BCUT2D eigenvalue weighted by Crippen LogP contribution is 2.33. The van der Waals surface area contributed by atoms with E-state index in [-0.39, 0.29) is 13.2 Å². The molecule has 1 atom stereocenters. The minimum absolute atomic E-state index is 0.156. The van der Waals surface area contributed by atoms with Gasteiger partial charge in [-0.05, 0) is 18.2 Å². The molecule has 1 heterocycles. The number of nitrogens with one attached hydrogen (secondary N) is 1. The van der Waals surface area contributed by atoms with Crippen molar-refractivity contribution in [1.29, 1.82) is 5.26 Å². The van der Waals surface area contributed by atoms with Gasteiger partial charge in [0.2, 0.25) is 0 Å². The fourth-order valence-electron chi connectivity index (χ4n) is 2.00. The van der Waals surface area contributed by atoms with Gasteiger partial charge in [0.1, 0.15) is 5.60 Å². The fraction of sp³-hybridized carbons (Fsp3) is 0.462. The lowest BCUT2D eigenvalue weighted by molar-refractivity contribution is -0.137. The van der Waals surface area contributed by atoms with Crippen molar-refractivity contribution in [2.75, 3.05) is 25.1 Å². The molecule has 1 aromatic carbocycles. The summed E-state index contributed by atoms with van der Waals surface area (Å²) in [7, 11) is 0. The first kappa shape index (κ1) is 14.6. The molecule has 1 unspecified atom stereocenters. The van der Waals surface area contributed by atoms with Crippen molar-refractivity contribution >= 4 is 5.69 Å². The van der Waals surface area contributed by atoms with Gasteiger partial charge in [0.05, 0.1) is 23.8 Å². The summed E-state index contributed by atoms with van der Waals surface area (Å²) < 4.78 is 43.0. The van der Waals surface area contributed by atoms with E-state index in [1.165, 1.54) is 12.1 Å². The fourth-order valence-corrected chi connectivity index (χ4v) is 2.00. The molecule has 108 valence electrons. The first-order chi connectivity index (χ1) is 9.34. The maximum Gasteiger partial charge on any atom is 0.417 e. The molecule has 20 heavy (non-hydrogen) atoms. The Labute approximate surface area is 113 Å². The number of benzene rings is 1. The van der Waals surface area contributed by atoms with E-state index >= 15 is 0 Å². The van der Waals surface area contributed by atoms with Crippen molar-refractivity contribution in [1.82, 2.24) is 0 Å². The topological polar surface area (TPSA) is 65.3 Å². The van der Waals surface area contributed by atoms with Crippen LogP contribution in [-0.4, -0.2) is 30.5 Å². The van der Waals surface area contributed by atoms with Crippen LogP contribution in [0.1, 0.15) is 17.5 Å². The summed E-state index contributed by atoms with van der Waals surface area (Å²) in [5.74, 6) is 0. The van der Waals surface area contributed by atoms with Gasteiger partial charge in [-0.3, -0.25) is 0 Å². The number of hydrogen-bond acceptors (Lipinski definition) is 4. The molecule has 0 spiro atoms. The normalized spacial score (nSPS) is 22.6. The van der Waals surface area contributed by atoms with Crippen LogP contribution in [-0.2, 0) is 10.9 Å². The van der Waals surface area contributed by atoms with Gasteiger partial charge in [0.15, 0.2) is 0 Å². The van der Waals surface area contributed by atoms with Gasteiger partial charge in [-0.2, -0.15) is 18.4 Å². The van der Waals surface area contributed by atoms with Crippen molar-refractivity contribution in [3.05, 3.63) is 29.3 Å². The molecule has 1 saturated heterocycles. The molecule has 2 N–H and O–H groups in total. The molecular formula is C13H13F3N2O2. The van der Waals surface area contributed by atoms with Crippen molar-refractivity contribution in [3.8, 4) is 6.07 Å². The third kappa shape index (κ3) is 3.21. The lowest BCUT2D eigenvalue weighted by Gasteiger charge is -2.21. The van der Waals surface area contributed by atoms with E-state index in [9.17, 15) is 18.3 Å². The third-order valence-corrected chi connectivity index (χ3v) is 3.15. The Morgan fingerprint density at radius 2 is 2.20 bits per heavy atom. The maximum absolute atomic E-state index is 12.6. The van der Waals surface area contributed by atoms with E-state index in [1.807, 2.05) is 0 Å². The van der Waals surface area contributed by atoms with Crippen LogP contribution in [0, 0.1) is 11.3 Å². The monoisotopic (exact) mass is 286 g/mol. The summed E-state index contributed by atoms with van der Waals surface area (Å²) in [6, 6.07) is 4.76. The van der Waals surface area contributed by atoms with Gasteiger partial charge in [-0.1, -0.05) is 0 Å². The maximum atomic E-state index is 12.6. The second-order valence-corrected chi connectivity index (χ2v) is 4.75. The standard InChI is InChI=1S/C13H13F3N2O2/c14-13(15,16)11-2-1-10(5-9(11)6-17)18-7-12(19)3-4-20-8-12/h1-2,5,18-19H,3-4,7-8H2. The van der Waals surface area contributed by atoms with Gasteiger partial charge in [0.25, 0.3) is 0 Å². The molecule has 1 aliphatic rings. The largest absolute Gasteiger partial charge is 0.417 e. The number of ether oxygens (including phenoxy) is 1. The van der Waals surface area contributed by atoms with Crippen LogP contribution >= 0.6 is 0 Å². The van der Waals surface area contributed by atoms with Crippen molar-refractivity contribution in [2.24, 2.45) is 0 Å². The minimum Gasteiger partial charge on any atom is -0.386 e. The molecule has 0 saturated carbocycles. The van der Waals surface area contributed by atoms with E-state index < -0.39 is 22.9 Å². The van der Waals surface area contributed by atoms with Crippen LogP contribution in [0.15, 0.2) is 18.2 Å². The molecule has 2 rings (SSSR count). The van der Waals surface area contributed by atoms with Crippen LogP contribution in [0.25, 0.3) is 0 Å². The van der Waals surface area contributed by atoms with E-state index in [2.05, 4.69) is 5.32 Å². The summed E-state index contributed by atoms with van der Waals surface area (Å²) in [5.41, 5.74) is -2.07. The number of rotatable bonds is 3. The van der Waals surface area contributed by atoms with Crippen molar-refractivity contribution in [3.63, 3.8) is 0 Å². The van der Waals surface area contributed by atoms with Crippen LogP contribution in [0.4, 0.5) is 18.9 Å². The van der Waals surface area contributed by atoms with E-state index in [4.69, 9.17) is 10.00 Å². The summed E-state index contributed by atoms with van der Waals surface area (Å²) in [5, 5.41) is 21.7. The highest BCUT2D eigenvalue weighted by atomic mass is 19.4. The van der Waals surface area contributed by atoms with Gasteiger partial charge in [-0.25, -0.2) is 0 Å². The highest BCUT2D eigenvalue weighted by Gasteiger charge is 2.34. The molecular weight excluding hydrogens is 273 g/mol. The quantitative estimate of drug-likeness (QED) is 0.893. The smallest absolute Gasteiger partial charge is 0.386 e. The number of nitriles is 1. The van der Waals surface area contributed by atoms with Gasteiger partial charge in [-0.15, -0.1) is 0 Å². The predicted molar refractivity (Wildman–Crippen MR) is 65.0 cm³/mol. The van der Waals surface area contributed by atoms with Crippen molar-refractivity contribution in [2.45, 2.75) is 18.2 Å². The SMILES string of the molecule is N#Cc1cc(NCC2(O)CCOC2)ccc1C(F)(F)F. The Morgan fingerprint density at radius 3 is 2.75 bits per heavy atom. The first-order valence-electron chi connectivity index (χ1n) is 5.99. The summed E-state index contributed by atoms with van der Waals surface area (Å²) >= 11 is 0. The highest BCUT2D eigenvalue weighted by molar-refractivity contribution is 5.53. The van der Waals surface area contributed by atoms with Crippen LogP contribution in [0.5, 0.6) is 0 Å². The molecule has 0 radical (unpaired) electrons. The molecule has 0 bridgehead atoms. The van der Waals surface area contributed by atoms with Crippen LogP contribution in [0.2, 0.25) is 0 Å². The zero-order valence-corrected chi connectivity index (χ0v) is 10.5. The van der Waals surface area contributed by atoms with Gasteiger partial charge >= 0.3 is 6.18 Å². The van der Waals surface area contributed by atoms with Gasteiger partial charge < -0.3 is 15.2 Å². The molecule has 4 nitrogen and oxygen atoms in total. The second kappa shape index (κ2) is 5.31. The Morgan fingerprint density at radius 1 is 1.45 bits per heavy atom. The van der Waals surface area contributed by atoms with E-state index in [0.717, 1.165) is 12.1 Å². The lowest BCUT2D eigenvalue weighted by atomic mass is 10.0. The summed E-state index contributed by atoms with van der Waals surface area (Å²) in [4.78, 5) is 0. The second-order valence-electron chi connectivity index (χ2n) is 4.75. The molecule has 0 aliphatic carbocycles. The summed E-state index contributed by atoms with van der Waals surface area (Å²) in [6.07, 6.45) is -4.09. The number of halogens is 3. The number of nitrogens with zero attached hydrogens (tertiary/aromatic N) is 1. The minimum atomic E-state index is -4.55. The Hall–Kier alpha value is -1.78. The Bertz CT molecular complexity index is 531. The molecule has 0 amide bonds. The molecule has 7 heteroatoms. The Kier molecular flexibility index (Phi) is 3.88. The van der Waals surface area contributed by atoms with E-state index in [0.29, 0.717) is 18.7 Å². The number of alkyl halides is 3. The molecule has 0 aromatic heterocycles. The number of hydrogen-bond donors (Lipinski definition) is 2. The zero-order valence-electron chi connectivity index (χ0n) is 10.5. The molecule has 1 fully saturated rings. The predicted octanol–water partition coefficient (Wildman–Crippen LogP) is 2.14. The Balaban J connectivity index is 2.12. The van der Waals surface area contributed by atoms with Gasteiger partial charge in [0, 0.05) is 25.3 Å². The number of anilines is 1. The summed E-state index contributed by atoms with van der Waals surface area (Å²) in [6.45, 7) is 0.795. The third-order valence-electron chi connectivity index (χ3n) is 3.15. The van der Waals surface area contributed by atoms with Crippen LogP contribution < -0.4 is 5.32 Å². The average Bonchev–Trinajstić information content (AvgIpc) is 2.82. The molecule has 1 aromatic rings. The zero-order chi connectivity index (χ0) is 14.8. The van der Waals surface area contributed by atoms with Crippen LogP contribution in [0.3, 0.4) is 0 Å². The van der Waals surface area contributed by atoms with E-state index in [1.54, 1.807) is 0 Å². The lowest BCUT2D eigenvalue weighted by Crippen LogP contribution is -2.37.